The summed E-state index contributed by atoms with van der Waals surface area (Å²) in [4.78, 5) is 14.5. The molecule has 1 aromatic carbocycles. The third-order valence-electron chi connectivity index (χ3n) is 4.84. The van der Waals surface area contributed by atoms with Crippen molar-refractivity contribution in [2.45, 2.75) is 51.1 Å². The summed E-state index contributed by atoms with van der Waals surface area (Å²) in [6, 6.07) is 8.74. The van der Waals surface area contributed by atoms with Gasteiger partial charge in [-0.25, -0.2) is 0 Å². The van der Waals surface area contributed by atoms with Gasteiger partial charge in [-0.3, -0.25) is 4.79 Å². The first-order valence-electron chi connectivity index (χ1n) is 7.10. The van der Waals surface area contributed by atoms with Crippen LogP contribution in [0.2, 0.25) is 0 Å². The molecule has 0 unspecified atom stereocenters. The van der Waals surface area contributed by atoms with Crippen LogP contribution in [0.25, 0.3) is 0 Å². The van der Waals surface area contributed by atoms with Crippen LogP contribution >= 0.6 is 0 Å². The highest BCUT2D eigenvalue weighted by molar-refractivity contribution is 5.81. The third-order valence-corrected chi connectivity index (χ3v) is 4.84. The lowest BCUT2D eigenvalue weighted by Gasteiger charge is -2.37. The molecule has 19 heavy (non-hydrogen) atoms. The Balaban J connectivity index is 2.11. The SMILES string of the molecule is C=C(C)[C@H]1CC[C@]2(c3ccccc3C)CCC(=O)N12. The molecule has 2 aliphatic rings. The molecule has 2 aliphatic heterocycles. The van der Waals surface area contributed by atoms with Crippen molar-refractivity contribution in [2.24, 2.45) is 0 Å². The molecule has 0 spiro atoms. The van der Waals surface area contributed by atoms with Crippen molar-refractivity contribution in [1.82, 2.24) is 4.90 Å². The van der Waals surface area contributed by atoms with E-state index in [1.165, 1.54) is 11.1 Å². The highest BCUT2D eigenvalue weighted by atomic mass is 16.2. The first-order chi connectivity index (χ1) is 9.06. The Morgan fingerprint density at radius 2 is 2.11 bits per heavy atom. The number of carbonyl (C=O) groups excluding carboxylic acids is 1. The van der Waals surface area contributed by atoms with E-state index in [1.54, 1.807) is 0 Å². The van der Waals surface area contributed by atoms with Crippen LogP contribution in [-0.4, -0.2) is 16.8 Å². The zero-order valence-electron chi connectivity index (χ0n) is 11.8. The minimum absolute atomic E-state index is 0.0634. The van der Waals surface area contributed by atoms with Crippen molar-refractivity contribution < 1.29 is 4.79 Å². The largest absolute Gasteiger partial charge is 0.326 e. The van der Waals surface area contributed by atoms with Gasteiger partial charge in [-0.2, -0.15) is 0 Å². The number of amides is 1. The van der Waals surface area contributed by atoms with Crippen molar-refractivity contribution in [2.75, 3.05) is 0 Å². The smallest absolute Gasteiger partial charge is 0.223 e. The Morgan fingerprint density at radius 3 is 2.79 bits per heavy atom. The van der Waals surface area contributed by atoms with Crippen molar-refractivity contribution in [3.05, 3.63) is 47.5 Å². The predicted octanol–water partition coefficient (Wildman–Crippen LogP) is 3.55. The van der Waals surface area contributed by atoms with Gasteiger partial charge in [0.2, 0.25) is 5.91 Å². The second-order valence-corrected chi connectivity index (χ2v) is 6.01. The van der Waals surface area contributed by atoms with E-state index in [4.69, 9.17) is 0 Å². The normalized spacial score (nSPS) is 29.7. The van der Waals surface area contributed by atoms with Crippen LogP contribution in [0.4, 0.5) is 0 Å². The number of carbonyl (C=O) groups is 1. The van der Waals surface area contributed by atoms with E-state index < -0.39 is 0 Å². The van der Waals surface area contributed by atoms with Crippen molar-refractivity contribution in [3.63, 3.8) is 0 Å². The van der Waals surface area contributed by atoms with Gasteiger partial charge in [0.1, 0.15) is 0 Å². The van der Waals surface area contributed by atoms with E-state index in [0.29, 0.717) is 12.3 Å². The standard InChI is InChI=1S/C17H21NO/c1-12(2)15-8-10-17(11-9-16(19)18(15)17)14-7-5-4-6-13(14)3/h4-7,15H,1,8-11H2,2-3H3/t15-,17-/m1/s1. The van der Waals surface area contributed by atoms with Gasteiger partial charge in [-0.05, 0) is 44.2 Å². The molecule has 0 bridgehead atoms. The number of benzene rings is 1. The highest BCUT2D eigenvalue weighted by Crippen LogP contribution is 2.51. The summed E-state index contributed by atoms with van der Waals surface area (Å²) in [5.41, 5.74) is 3.69. The molecule has 0 aromatic heterocycles. The van der Waals surface area contributed by atoms with E-state index in [0.717, 1.165) is 24.8 Å². The molecular formula is C17H21NO. The number of aryl methyl sites for hydroxylation is 1. The fraction of sp³-hybridized carbons (Fsp3) is 0.471. The Kier molecular flexibility index (Phi) is 2.77. The average molecular weight is 255 g/mol. The van der Waals surface area contributed by atoms with Crippen LogP contribution in [0, 0.1) is 6.92 Å². The molecule has 2 saturated heterocycles. The zero-order chi connectivity index (χ0) is 13.6. The summed E-state index contributed by atoms with van der Waals surface area (Å²) in [5.74, 6) is 0.300. The quantitative estimate of drug-likeness (QED) is 0.740. The topological polar surface area (TPSA) is 20.3 Å². The Labute approximate surface area is 115 Å². The number of hydrogen-bond acceptors (Lipinski definition) is 1. The molecule has 0 radical (unpaired) electrons. The lowest BCUT2D eigenvalue weighted by molar-refractivity contribution is -0.131. The predicted molar refractivity (Wildman–Crippen MR) is 76.8 cm³/mol. The van der Waals surface area contributed by atoms with E-state index in [2.05, 4.69) is 42.7 Å². The molecular weight excluding hydrogens is 234 g/mol. The lowest BCUT2D eigenvalue weighted by atomic mass is 9.83. The molecule has 2 nitrogen and oxygen atoms in total. The van der Waals surface area contributed by atoms with Crippen LogP contribution in [0.5, 0.6) is 0 Å². The average Bonchev–Trinajstić information content (AvgIpc) is 2.90. The van der Waals surface area contributed by atoms with Gasteiger partial charge >= 0.3 is 0 Å². The fourth-order valence-corrected chi connectivity index (χ4v) is 3.98. The van der Waals surface area contributed by atoms with Gasteiger partial charge in [0.05, 0.1) is 11.6 Å². The van der Waals surface area contributed by atoms with E-state index in [1.807, 2.05) is 6.92 Å². The number of hydrogen-bond donors (Lipinski definition) is 0. The summed E-state index contributed by atoms with van der Waals surface area (Å²) in [5, 5.41) is 0. The molecule has 0 N–H and O–H groups in total. The molecule has 100 valence electrons. The monoisotopic (exact) mass is 255 g/mol. The third kappa shape index (κ3) is 1.66. The molecule has 1 amide bonds. The maximum Gasteiger partial charge on any atom is 0.223 e. The fourth-order valence-electron chi connectivity index (χ4n) is 3.98. The van der Waals surface area contributed by atoms with Crippen LogP contribution in [0.3, 0.4) is 0 Å². The second kappa shape index (κ2) is 4.22. The maximum atomic E-state index is 12.3. The van der Waals surface area contributed by atoms with E-state index in [9.17, 15) is 4.79 Å². The molecule has 2 heteroatoms. The van der Waals surface area contributed by atoms with Crippen LogP contribution < -0.4 is 0 Å². The molecule has 3 rings (SSSR count). The molecule has 1 aromatic rings. The van der Waals surface area contributed by atoms with Crippen LogP contribution in [-0.2, 0) is 10.3 Å². The van der Waals surface area contributed by atoms with Gasteiger partial charge in [0.15, 0.2) is 0 Å². The molecule has 2 fully saturated rings. The summed E-state index contributed by atoms with van der Waals surface area (Å²) in [6.45, 7) is 8.28. The van der Waals surface area contributed by atoms with Gasteiger partial charge in [0.25, 0.3) is 0 Å². The Hall–Kier alpha value is -1.57. The van der Waals surface area contributed by atoms with Crippen molar-refractivity contribution in [1.29, 1.82) is 0 Å². The second-order valence-electron chi connectivity index (χ2n) is 6.01. The van der Waals surface area contributed by atoms with Gasteiger partial charge in [-0.15, -0.1) is 0 Å². The van der Waals surface area contributed by atoms with Crippen LogP contribution in [0.15, 0.2) is 36.4 Å². The van der Waals surface area contributed by atoms with E-state index in [-0.39, 0.29) is 11.6 Å². The summed E-state index contributed by atoms with van der Waals surface area (Å²) >= 11 is 0. The number of nitrogens with zero attached hydrogens (tertiary/aromatic N) is 1. The van der Waals surface area contributed by atoms with Gasteiger partial charge in [-0.1, -0.05) is 36.4 Å². The first kappa shape index (κ1) is 12.5. The van der Waals surface area contributed by atoms with Crippen LogP contribution in [0.1, 0.15) is 43.7 Å². The summed E-state index contributed by atoms with van der Waals surface area (Å²) in [6.07, 6.45) is 3.76. The molecule has 2 atom stereocenters. The van der Waals surface area contributed by atoms with Gasteiger partial charge in [0, 0.05) is 6.42 Å². The minimum atomic E-state index is -0.0634. The van der Waals surface area contributed by atoms with E-state index >= 15 is 0 Å². The Morgan fingerprint density at radius 1 is 1.37 bits per heavy atom. The highest BCUT2D eigenvalue weighted by Gasteiger charge is 2.54. The van der Waals surface area contributed by atoms with Gasteiger partial charge < -0.3 is 4.90 Å². The Bertz CT molecular complexity index is 548. The molecule has 0 aliphatic carbocycles. The molecule has 0 saturated carbocycles. The van der Waals surface area contributed by atoms with Crippen molar-refractivity contribution >= 4 is 5.91 Å². The first-order valence-corrected chi connectivity index (χ1v) is 7.10. The summed E-state index contributed by atoms with van der Waals surface area (Å²) < 4.78 is 0. The van der Waals surface area contributed by atoms with Crippen molar-refractivity contribution in [3.8, 4) is 0 Å². The minimum Gasteiger partial charge on any atom is -0.326 e. The number of rotatable bonds is 2. The zero-order valence-corrected chi connectivity index (χ0v) is 11.8. The lowest BCUT2D eigenvalue weighted by Crippen LogP contribution is -2.43. The maximum absolute atomic E-state index is 12.3. The molecule has 2 heterocycles. The number of fused-ring (bicyclic) bond motifs is 1. The summed E-state index contributed by atoms with van der Waals surface area (Å²) in [7, 11) is 0.